The second-order valence-electron chi connectivity index (χ2n) is 0.384. The third-order valence-corrected chi connectivity index (χ3v) is 1.32. The van der Waals surface area contributed by atoms with Crippen molar-refractivity contribution in [1.29, 1.82) is 0 Å². The fourth-order valence-electron chi connectivity index (χ4n) is 0. The van der Waals surface area contributed by atoms with Crippen LogP contribution >= 0.6 is 14.7 Å². The van der Waals surface area contributed by atoms with Gasteiger partial charge in [-0.25, -0.2) is 4.57 Å². The first kappa shape index (κ1) is 5.58. The van der Waals surface area contributed by atoms with Gasteiger partial charge in [0, 0.05) is 0 Å². The van der Waals surface area contributed by atoms with E-state index in [0.29, 0.717) is 0 Å². The van der Waals surface area contributed by atoms with Crippen LogP contribution < -0.4 is 5.50 Å². The van der Waals surface area contributed by atoms with Crippen LogP contribution in [0.3, 0.4) is 0 Å². The molecule has 0 aromatic heterocycles. The van der Waals surface area contributed by atoms with Crippen molar-refractivity contribution in [3.63, 3.8) is 0 Å². The molecule has 0 aromatic carbocycles. The van der Waals surface area contributed by atoms with Crippen LogP contribution in [0.2, 0.25) is 0 Å². The van der Waals surface area contributed by atoms with Crippen LogP contribution in [0.15, 0.2) is 0 Å². The average Bonchev–Trinajstić information content (AvgIpc) is 1.38. The summed E-state index contributed by atoms with van der Waals surface area (Å²) < 4.78 is 9.40. The van der Waals surface area contributed by atoms with E-state index in [-0.39, 0.29) is 8.15 Å². The van der Waals surface area contributed by atoms with Gasteiger partial charge in [0.2, 0.25) is 0 Å². The molecule has 2 N–H and O–H groups in total. The zero-order valence-corrected chi connectivity index (χ0v) is 4.89. The highest BCUT2D eigenvalue weighted by Crippen LogP contribution is 2.25. The van der Waals surface area contributed by atoms with Crippen molar-refractivity contribution < 1.29 is 4.57 Å². The normalized spacial score (nSPS) is 11.8. The predicted octanol–water partition coefficient (Wildman–Crippen LogP) is 1.01. The molecule has 0 aliphatic carbocycles. The zero-order chi connectivity index (χ0) is 4.28. The van der Waals surface area contributed by atoms with Gasteiger partial charge in [-0.3, -0.25) is 0 Å². The van der Waals surface area contributed by atoms with Crippen LogP contribution in [-0.4, -0.2) is 0 Å². The monoisotopic (exact) mass is 126 g/mol. The summed E-state index contributed by atoms with van der Waals surface area (Å²) in [7, 11) is -0.0957. The number of hydrogen-bond donors (Lipinski definition) is 1. The van der Waals surface area contributed by atoms with Crippen molar-refractivity contribution in [2.45, 2.75) is 0 Å². The molecule has 0 spiro atoms. The Morgan fingerprint density at radius 1 is 2.00 bits per heavy atom. The Hall–Kier alpha value is 0.580. The number of hydrogen-bond acceptors (Lipinski definition) is 2. The molecule has 0 aliphatic heterocycles. The third-order valence-electron chi connectivity index (χ3n) is 0.0805. The molecule has 5 heavy (non-hydrogen) atoms. The molecule has 5 heteroatoms. The third kappa shape index (κ3) is 4.58. The maximum absolute atomic E-state index is 9.40. The minimum atomic E-state index is -1.10. The molecular weight excluding hydrogens is 124 g/mol. The first-order valence-electron chi connectivity index (χ1n) is 0.823. The number of nitrogens with two attached hydrogens (primary N) is 1. The summed E-state index contributed by atoms with van der Waals surface area (Å²) in [5.41, 5.74) is 4.85. The lowest BCUT2D eigenvalue weighted by Gasteiger charge is -1.42. The molecule has 2 nitrogen and oxygen atoms in total. The Bertz CT molecular complexity index is 60.7. The van der Waals surface area contributed by atoms with E-state index in [2.05, 4.69) is 11.8 Å². The molecule has 0 saturated carbocycles. The quantitative estimate of drug-likeness (QED) is 0.533. The fourth-order valence-corrected chi connectivity index (χ4v) is 0. The first-order chi connectivity index (χ1) is 2.27. The van der Waals surface area contributed by atoms with E-state index in [9.17, 15) is 4.57 Å². The van der Waals surface area contributed by atoms with Crippen LogP contribution in [0, 0.1) is 0 Å². The molecule has 0 aromatic rings. The second-order valence-corrected chi connectivity index (χ2v) is 4.93. The van der Waals surface area contributed by atoms with Gasteiger partial charge in [0.15, 0.2) is 11.8 Å². The maximum atomic E-state index is 9.40. The predicted molar refractivity (Wildman–Crippen MR) is 26.1 cm³/mol. The van der Waals surface area contributed by atoms with Gasteiger partial charge in [-0.15, -0.1) is 5.50 Å². The van der Waals surface area contributed by atoms with Gasteiger partial charge in [0.05, 0.1) is 0 Å². The van der Waals surface area contributed by atoms with E-state index in [1.54, 1.807) is 0 Å². The van der Waals surface area contributed by atoms with Crippen molar-refractivity contribution in [3.8, 4) is 0 Å². The summed E-state index contributed by atoms with van der Waals surface area (Å²) in [6.45, 7) is -1.10. The van der Waals surface area contributed by atoms with Crippen LogP contribution in [0.5, 0.6) is 0 Å². The van der Waals surface area contributed by atoms with Gasteiger partial charge in [0.1, 0.15) is 0 Å². The largest absolute Gasteiger partial charge is 0.447 e. The lowest BCUT2D eigenvalue weighted by Crippen LogP contribution is -1.61. The molecule has 1 atom stereocenters. The Morgan fingerprint density at radius 2 is 2.20 bits per heavy atom. The second kappa shape index (κ2) is 2.80. The average molecular weight is 126 g/mol. The fraction of sp³-hybridized carbons (Fsp3) is 0. The van der Waals surface area contributed by atoms with Gasteiger partial charge in [-0.2, -0.15) is 0 Å². The van der Waals surface area contributed by atoms with E-state index >= 15 is 0 Å². The lowest BCUT2D eigenvalue weighted by atomic mass is 13.9. The number of rotatable bonds is 1. The Morgan fingerprint density at radius 3 is 2.20 bits per heavy atom. The highest BCUT2D eigenvalue weighted by atomic mass is 32.6. The lowest BCUT2D eigenvalue weighted by molar-refractivity contribution is 0.605. The molecule has 28 valence electrons. The molecule has 0 radical (unpaired) electrons. The highest BCUT2D eigenvalue weighted by Gasteiger charge is 1.93. The molecule has 0 saturated heterocycles. The van der Waals surface area contributed by atoms with Gasteiger partial charge in [-0.1, -0.05) is 0 Å². The molecule has 0 rings (SSSR count). The molecule has 1 unspecified atom stereocenters. The zero-order valence-electron chi connectivity index (χ0n) is 2.29. The first-order valence-corrected chi connectivity index (χ1v) is 4.77. The van der Waals surface area contributed by atoms with Crippen LogP contribution in [-0.2, 0) is 16.4 Å². The summed E-state index contributed by atoms with van der Waals surface area (Å²) in [6.07, 6.45) is 0. The van der Waals surface area contributed by atoms with E-state index in [1.165, 1.54) is 0 Å². The van der Waals surface area contributed by atoms with Crippen molar-refractivity contribution in [2.75, 3.05) is 0 Å². The molecule has 0 fully saturated rings. The van der Waals surface area contributed by atoms with Crippen LogP contribution in [0.25, 0.3) is 0 Å². The maximum Gasteiger partial charge on any atom is 0.447 e. The summed E-state index contributed by atoms with van der Waals surface area (Å²) in [4.78, 5) is 0. The molecule has 0 amide bonds. The van der Waals surface area contributed by atoms with E-state index in [4.69, 9.17) is 5.50 Å². The van der Waals surface area contributed by atoms with Gasteiger partial charge in [0.25, 0.3) is 0 Å². The smallest absolute Gasteiger partial charge is 0.214 e. The van der Waals surface area contributed by atoms with Crippen molar-refractivity contribution in [2.24, 2.45) is 5.50 Å². The van der Waals surface area contributed by atoms with Crippen molar-refractivity contribution in [1.82, 2.24) is 0 Å². The van der Waals surface area contributed by atoms with Crippen molar-refractivity contribution >= 4 is 26.5 Å². The molecule has 0 bridgehead atoms. The summed E-state index contributed by atoms with van der Waals surface area (Å²) >= 11 is 4.30. The van der Waals surface area contributed by atoms with E-state index < -0.39 is 6.54 Å². The standard InChI is InChI=1S/H2NOP2S/c1-4(5)3-2/h(H2,1,5)/q+1. The summed E-state index contributed by atoms with van der Waals surface area (Å²) in [6, 6.07) is 0. The summed E-state index contributed by atoms with van der Waals surface area (Å²) in [5.74, 6) is 0. The Kier molecular flexibility index (Phi) is 3.12. The van der Waals surface area contributed by atoms with Crippen LogP contribution in [0.4, 0.5) is 0 Å². The van der Waals surface area contributed by atoms with E-state index in [1.807, 2.05) is 0 Å². The van der Waals surface area contributed by atoms with Gasteiger partial charge < -0.3 is 0 Å². The topological polar surface area (TPSA) is 43.1 Å². The van der Waals surface area contributed by atoms with Gasteiger partial charge in [-0.05, 0) is 0 Å². The molecular formula is H2NOP2S+. The highest BCUT2D eigenvalue weighted by molar-refractivity contribution is 8.34. The van der Waals surface area contributed by atoms with E-state index in [0.717, 1.165) is 0 Å². The molecule has 0 aliphatic rings. The minimum absolute atomic E-state index is 0.0957. The molecule has 0 heterocycles. The Labute approximate surface area is 37.3 Å². The van der Waals surface area contributed by atoms with Gasteiger partial charge >= 0.3 is 14.7 Å². The summed E-state index contributed by atoms with van der Waals surface area (Å²) in [5, 5.41) is 0. The van der Waals surface area contributed by atoms with Crippen LogP contribution in [0.1, 0.15) is 0 Å². The minimum Gasteiger partial charge on any atom is -0.214 e. The SMILES string of the molecule is N[P+](=S)P=O. The van der Waals surface area contributed by atoms with Crippen molar-refractivity contribution in [3.05, 3.63) is 0 Å². The Balaban J connectivity index is 3.20.